The molecule has 4 heteroatoms. The van der Waals surface area contributed by atoms with Crippen molar-refractivity contribution in [3.05, 3.63) is 34.3 Å². The molecule has 2 N–H and O–H groups in total. The average molecular weight is 300 g/mol. The van der Waals surface area contributed by atoms with Gasteiger partial charge in [0, 0.05) is 17.1 Å². The predicted molar refractivity (Wildman–Crippen MR) is 71.7 cm³/mol. The number of carbonyl (C=O) groups excluding carboxylic acids is 1. The second-order valence-corrected chi connectivity index (χ2v) is 5.24. The van der Waals surface area contributed by atoms with E-state index in [0.717, 1.165) is 10.0 Å². The van der Waals surface area contributed by atoms with Crippen LogP contribution in [0.1, 0.15) is 19.4 Å². The topological polar surface area (TPSA) is 49.3 Å². The van der Waals surface area contributed by atoms with E-state index < -0.39 is 0 Å². The molecule has 1 amide bonds. The van der Waals surface area contributed by atoms with Gasteiger partial charge in [-0.1, -0.05) is 35.0 Å². The number of hydrogen-bond acceptors (Lipinski definition) is 2. The maximum absolute atomic E-state index is 11.7. The Morgan fingerprint density at radius 2 is 2.18 bits per heavy atom. The number of hydrogen-bond donors (Lipinski definition) is 2. The minimum atomic E-state index is -0.0177. The summed E-state index contributed by atoms with van der Waals surface area (Å²) in [6.45, 7) is 3.89. The highest BCUT2D eigenvalue weighted by atomic mass is 79.9. The van der Waals surface area contributed by atoms with E-state index in [1.807, 2.05) is 38.1 Å². The van der Waals surface area contributed by atoms with E-state index in [9.17, 15) is 4.79 Å². The minimum Gasteiger partial charge on any atom is -0.396 e. The zero-order chi connectivity index (χ0) is 12.8. The van der Waals surface area contributed by atoms with Crippen molar-refractivity contribution in [2.75, 3.05) is 6.61 Å². The fraction of sp³-hybridized carbons (Fsp3) is 0.462. The van der Waals surface area contributed by atoms with Gasteiger partial charge in [0.05, 0.1) is 6.42 Å². The van der Waals surface area contributed by atoms with Gasteiger partial charge in [-0.25, -0.2) is 0 Å². The van der Waals surface area contributed by atoms with Crippen LogP contribution in [-0.4, -0.2) is 23.7 Å². The zero-order valence-corrected chi connectivity index (χ0v) is 11.7. The highest BCUT2D eigenvalue weighted by Crippen LogP contribution is 2.12. The SMILES string of the molecule is CC(CO)C(C)NC(=O)Cc1cccc(Br)c1. The number of aliphatic hydroxyl groups is 1. The third-order valence-electron chi connectivity index (χ3n) is 2.78. The molecule has 0 heterocycles. The van der Waals surface area contributed by atoms with E-state index in [1.165, 1.54) is 0 Å². The third-order valence-corrected chi connectivity index (χ3v) is 3.28. The van der Waals surface area contributed by atoms with Crippen LogP contribution >= 0.6 is 15.9 Å². The number of benzene rings is 1. The second kappa shape index (κ2) is 6.77. The van der Waals surface area contributed by atoms with Crippen molar-refractivity contribution in [3.63, 3.8) is 0 Å². The molecular formula is C13H18BrNO2. The number of nitrogens with one attached hydrogen (secondary N) is 1. The van der Waals surface area contributed by atoms with E-state index in [2.05, 4.69) is 21.2 Å². The summed E-state index contributed by atoms with van der Waals surface area (Å²) >= 11 is 3.37. The van der Waals surface area contributed by atoms with Crippen molar-refractivity contribution in [2.24, 2.45) is 5.92 Å². The molecule has 1 aromatic carbocycles. The summed E-state index contributed by atoms with van der Waals surface area (Å²) in [5.74, 6) is 0.0531. The summed E-state index contributed by atoms with van der Waals surface area (Å²) in [5, 5.41) is 11.9. The Bertz CT molecular complexity index is 381. The van der Waals surface area contributed by atoms with Crippen LogP contribution in [0, 0.1) is 5.92 Å². The minimum absolute atomic E-state index is 0.0142. The van der Waals surface area contributed by atoms with Crippen LogP contribution < -0.4 is 5.32 Å². The van der Waals surface area contributed by atoms with Crippen molar-refractivity contribution in [2.45, 2.75) is 26.3 Å². The molecule has 2 atom stereocenters. The van der Waals surface area contributed by atoms with Gasteiger partial charge in [-0.15, -0.1) is 0 Å². The molecule has 0 aromatic heterocycles. The Morgan fingerprint density at radius 3 is 2.76 bits per heavy atom. The molecule has 3 nitrogen and oxygen atoms in total. The van der Waals surface area contributed by atoms with Gasteiger partial charge in [-0.3, -0.25) is 4.79 Å². The van der Waals surface area contributed by atoms with Gasteiger partial charge in [-0.05, 0) is 30.5 Å². The van der Waals surface area contributed by atoms with Crippen molar-refractivity contribution in [3.8, 4) is 0 Å². The number of halogens is 1. The van der Waals surface area contributed by atoms with Gasteiger partial charge < -0.3 is 10.4 Å². The van der Waals surface area contributed by atoms with Crippen LogP contribution in [0.5, 0.6) is 0 Å². The lowest BCUT2D eigenvalue weighted by molar-refractivity contribution is -0.121. The fourth-order valence-corrected chi connectivity index (χ4v) is 1.88. The molecule has 0 radical (unpaired) electrons. The van der Waals surface area contributed by atoms with E-state index in [0.29, 0.717) is 6.42 Å². The molecule has 0 bridgehead atoms. The van der Waals surface area contributed by atoms with Crippen LogP contribution in [0.25, 0.3) is 0 Å². The Morgan fingerprint density at radius 1 is 1.47 bits per heavy atom. The quantitative estimate of drug-likeness (QED) is 0.875. The molecule has 94 valence electrons. The Kier molecular flexibility index (Phi) is 5.65. The van der Waals surface area contributed by atoms with E-state index in [1.54, 1.807) is 0 Å². The Balaban J connectivity index is 2.50. The van der Waals surface area contributed by atoms with Crippen molar-refractivity contribution < 1.29 is 9.90 Å². The summed E-state index contributed by atoms with van der Waals surface area (Å²) in [5.41, 5.74) is 0.973. The van der Waals surface area contributed by atoms with Gasteiger partial charge in [-0.2, -0.15) is 0 Å². The molecule has 0 spiro atoms. The summed E-state index contributed by atoms with van der Waals surface area (Å²) in [4.78, 5) is 11.7. The lowest BCUT2D eigenvalue weighted by Gasteiger charge is -2.19. The molecule has 0 aliphatic heterocycles. The van der Waals surface area contributed by atoms with Crippen LogP contribution in [0.2, 0.25) is 0 Å². The number of carbonyl (C=O) groups is 1. The van der Waals surface area contributed by atoms with Gasteiger partial charge in [0.1, 0.15) is 0 Å². The smallest absolute Gasteiger partial charge is 0.224 e. The monoisotopic (exact) mass is 299 g/mol. The summed E-state index contributed by atoms with van der Waals surface area (Å²) in [7, 11) is 0. The normalized spacial score (nSPS) is 14.1. The standard InChI is InChI=1S/C13H18BrNO2/c1-9(8-16)10(2)15-13(17)7-11-4-3-5-12(14)6-11/h3-6,9-10,16H,7-8H2,1-2H3,(H,15,17). The first kappa shape index (κ1) is 14.2. The molecule has 1 aromatic rings. The summed E-state index contributed by atoms with van der Waals surface area (Å²) in [6, 6.07) is 7.67. The highest BCUT2D eigenvalue weighted by molar-refractivity contribution is 9.10. The fourth-order valence-electron chi connectivity index (χ4n) is 1.44. The molecule has 2 unspecified atom stereocenters. The Hall–Kier alpha value is -0.870. The zero-order valence-electron chi connectivity index (χ0n) is 10.1. The van der Waals surface area contributed by atoms with Crippen LogP contribution in [0.15, 0.2) is 28.7 Å². The molecular weight excluding hydrogens is 282 g/mol. The van der Waals surface area contributed by atoms with Gasteiger partial charge in [0.15, 0.2) is 0 Å². The van der Waals surface area contributed by atoms with Gasteiger partial charge >= 0.3 is 0 Å². The first-order valence-electron chi connectivity index (χ1n) is 5.67. The predicted octanol–water partition coefficient (Wildman–Crippen LogP) is 2.12. The van der Waals surface area contributed by atoms with Crippen molar-refractivity contribution in [1.82, 2.24) is 5.32 Å². The largest absolute Gasteiger partial charge is 0.396 e. The number of amides is 1. The van der Waals surface area contributed by atoms with Crippen molar-refractivity contribution in [1.29, 1.82) is 0 Å². The van der Waals surface area contributed by atoms with Crippen LogP contribution in [0.3, 0.4) is 0 Å². The van der Waals surface area contributed by atoms with Gasteiger partial charge in [0.25, 0.3) is 0 Å². The molecule has 0 fully saturated rings. The number of rotatable bonds is 5. The van der Waals surface area contributed by atoms with Crippen LogP contribution in [-0.2, 0) is 11.2 Å². The first-order valence-corrected chi connectivity index (χ1v) is 6.47. The Labute approximate surface area is 110 Å². The molecule has 0 aliphatic rings. The van der Waals surface area contributed by atoms with E-state index in [-0.39, 0.29) is 24.5 Å². The number of aliphatic hydroxyl groups excluding tert-OH is 1. The first-order chi connectivity index (χ1) is 8.02. The lowest BCUT2D eigenvalue weighted by Crippen LogP contribution is -2.39. The highest BCUT2D eigenvalue weighted by Gasteiger charge is 2.13. The van der Waals surface area contributed by atoms with Crippen LogP contribution in [0.4, 0.5) is 0 Å². The molecule has 1 rings (SSSR count). The summed E-state index contributed by atoms with van der Waals surface area (Å²) in [6.07, 6.45) is 0.363. The van der Waals surface area contributed by atoms with E-state index in [4.69, 9.17) is 5.11 Å². The maximum atomic E-state index is 11.7. The molecule has 0 aliphatic carbocycles. The second-order valence-electron chi connectivity index (χ2n) is 4.32. The molecule has 0 saturated carbocycles. The third kappa shape index (κ3) is 4.88. The molecule has 17 heavy (non-hydrogen) atoms. The summed E-state index contributed by atoms with van der Waals surface area (Å²) < 4.78 is 0.972. The van der Waals surface area contributed by atoms with E-state index >= 15 is 0 Å². The van der Waals surface area contributed by atoms with Gasteiger partial charge in [0.2, 0.25) is 5.91 Å². The van der Waals surface area contributed by atoms with Crippen molar-refractivity contribution >= 4 is 21.8 Å². The lowest BCUT2D eigenvalue weighted by atomic mass is 10.0. The molecule has 0 saturated heterocycles. The maximum Gasteiger partial charge on any atom is 0.224 e. The average Bonchev–Trinajstić information content (AvgIpc) is 2.27.